The molecule has 0 spiro atoms. The molecule has 1 amide bonds. The Bertz CT molecular complexity index is 428. The Morgan fingerprint density at radius 3 is 2.71 bits per heavy atom. The minimum atomic E-state index is -1.11. The van der Waals surface area contributed by atoms with Crippen LogP contribution in [0.4, 0.5) is 0 Å². The van der Waals surface area contributed by atoms with E-state index in [-0.39, 0.29) is 12.1 Å². The van der Waals surface area contributed by atoms with Crippen molar-refractivity contribution in [2.75, 3.05) is 0 Å². The molecule has 1 aromatic rings. The summed E-state index contributed by atoms with van der Waals surface area (Å²) in [5, 5.41) is 11.2. The number of aromatic nitrogens is 2. The van der Waals surface area contributed by atoms with Crippen LogP contribution in [0.3, 0.4) is 0 Å². The number of hydrogen-bond acceptors (Lipinski definition) is 4. The summed E-state index contributed by atoms with van der Waals surface area (Å²) < 4.78 is 0. The van der Waals surface area contributed by atoms with Gasteiger partial charge < -0.3 is 10.4 Å². The van der Waals surface area contributed by atoms with E-state index >= 15 is 0 Å². The fraction of sp³-hybridized carbons (Fsp3) is 0.273. The highest BCUT2D eigenvalue weighted by Gasteiger charge is 2.19. The molecule has 0 aliphatic carbocycles. The first-order chi connectivity index (χ1) is 8.04. The molecule has 0 bridgehead atoms. The zero-order chi connectivity index (χ0) is 12.8. The van der Waals surface area contributed by atoms with Crippen molar-refractivity contribution in [1.29, 1.82) is 0 Å². The van der Waals surface area contributed by atoms with Crippen molar-refractivity contribution in [3.05, 3.63) is 36.4 Å². The number of nitrogens with zero attached hydrogens (tertiary/aromatic N) is 2. The molecule has 0 fully saturated rings. The molecule has 2 N–H and O–H groups in total. The predicted molar refractivity (Wildman–Crippen MR) is 60.5 cm³/mol. The molecule has 0 saturated carbocycles. The first-order valence-corrected chi connectivity index (χ1v) is 4.97. The highest BCUT2D eigenvalue weighted by atomic mass is 16.4. The lowest BCUT2D eigenvalue weighted by molar-refractivity contribution is -0.139. The number of hydrogen-bond donors (Lipinski definition) is 2. The molecule has 1 heterocycles. The van der Waals surface area contributed by atoms with E-state index < -0.39 is 17.9 Å². The standard InChI is InChI=1S/C11H13N3O3/c1-3-4-8(11(16)17)14-10(15)9-6-12-7(2)5-13-9/h3,5-6,8H,1,4H2,2H3,(H,14,15)(H,16,17). The zero-order valence-electron chi connectivity index (χ0n) is 9.38. The van der Waals surface area contributed by atoms with E-state index in [1.807, 2.05) is 0 Å². The summed E-state index contributed by atoms with van der Waals surface area (Å²) in [7, 11) is 0. The fourth-order valence-corrected chi connectivity index (χ4v) is 1.13. The minimum Gasteiger partial charge on any atom is -0.480 e. The summed E-state index contributed by atoms with van der Waals surface area (Å²) in [6.07, 6.45) is 4.33. The van der Waals surface area contributed by atoms with Crippen LogP contribution in [-0.4, -0.2) is 33.0 Å². The van der Waals surface area contributed by atoms with E-state index in [0.29, 0.717) is 5.69 Å². The Kier molecular flexibility index (Phi) is 4.33. The number of amides is 1. The summed E-state index contributed by atoms with van der Waals surface area (Å²) in [5.74, 6) is -1.68. The first kappa shape index (κ1) is 12.8. The smallest absolute Gasteiger partial charge is 0.326 e. The normalized spacial score (nSPS) is 11.6. The van der Waals surface area contributed by atoms with Crippen LogP contribution in [0.1, 0.15) is 22.6 Å². The number of carboxylic acid groups (broad SMARTS) is 1. The third-order valence-electron chi connectivity index (χ3n) is 2.02. The lowest BCUT2D eigenvalue weighted by Crippen LogP contribution is -2.40. The van der Waals surface area contributed by atoms with Crippen LogP contribution in [0.2, 0.25) is 0 Å². The van der Waals surface area contributed by atoms with Gasteiger partial charge in [0.1, 0.15) is 11.7 Å². The van der Waals surface area contributed by atoms with E-state index in [9.17, 15) is 9.59 Å². The van der Waals surface area contributed by atoms with Crippen molar-refractivity contribution < 1.29 is 14.7 Å². The lowest BCUT2D eigenvalue weighted by Gasteiger charge is -2.11. The van der Waals surface area contributed by atoms with Gasteiger partial charge in [-0.05, 0) is 13.3 Å². The van der Waals surface area contributed by atoms with Gasteiger partial charge in [0.2, 0.25) is 0 Å². The number of rotatable bonds is 5. The second kappa shape index (κ2) is 5.74. The quantitative estimate of drug-likeness (QED) is 0.727. The highest BCUT2D eigenvalue weighted by molar-refractivity contribution is 5.94. The van der Waals surface area contributed by atoms with Gasteiger partial charge in [-0.15, -0.1) is 6.58 Å². The average Bonchev–Trinajstić information content (AvgIpc) is 2.29. The molecule has 17 heavy (non-hydrogen) atoms. The molecule has 90 valence electrons. The number of aliphatic carboxylic acids is 1. The summed E-state index contributed by atoms with van der Waals surface area (Å²) in [4.78, 5) is 30.2. The Morgan fingerprint density at radius 1 is 1.53 bits per heavy atom. The summed E-state index contributed by atoms with van der Waals surface area (Å²) in [5.41, 5.74) is 0.772. The molecule has 0 aliphatic rings. The van der Waals surface area contributed by atoms with Crippen molar-refractivity contribution in [3.63, 3.8) is 0 Å². The van der Waals surface area contributed by atoms with Crippen LogP contribution in [0.15, 0.2) is 25.0 Å². The van der Waals surface area contributed by atoms with Gasteiger partial charge in [-0.25, -0.2) is 9.78 Å². The molecule has 1 aromatic heterocycles. The van der Waals surface area contributed by atoms with Crippen LogP contribution in [0.5, 0.6) is 0 Å². The molecule has 6 heteroatoms. The molecular formula is C11H13N3O3. The topological polar surface area (TPSA) is 92.2 Å². The van der Waals surface area contributed by atoms with E-state index in [1.165, 1.54) is 18.5 Å². The van der Waals surface area contributed by atoms with Crippen molar-refractivity contribution >= 4 is 11.9 Å². The van der Waals surface area contributed by atoms with E-state index in [0.717, 1.165) is 0 Å². The molecular weight excluding hydrogens is 222 g/mol. The minimum absolute atomic E-state index is 0.0888. The number of carbonyl (C=O) groups is 2. The Hall–Kier alpha value is -2.24. The molecule has 0 saturated heterocycles. The monoisotopic (exact) mass is 235 g/mol. The number of carboxylic acids is 1. The molecule has 0 radical (unpaired) electrons. The Morgan fingerprint density at radius 2 is 2.24 bits per heavy atom. The Labute approximate surface area is 98.4 Å². The van der Waals surface area contributed by atoms with Gasteiger partial charge in [0, 0.05) is 6.20 Å². The first-order valence-electron chi connectivity index (χ1n) is 4.97. The third-order valence-corrected chi connectivity index (χ3v) is 2.02. The van der Waals surface area contributed by atoms with Gasteiger partial charge in [0.25, 0.3) is 5.91 Å². The van der Waals surface area contributed by atoms with Crippen LogP contribution in [0.25, 0.3) is 0 Å². The largest absolute Gasteiger partial charge is 0.480 e. The molecule has 1 rings (SSSR count). The third kappa shape index (κ3) is 3.67. The van der Waals surface area contributed by atoms with Crippen LogP contribution in [0, 0.1) is 6.92 Å². The van der Waals surface area contributed by atoms with Crippen LogP contribution < -0.4 is 5.32 Å². The second-order valence-electron chi connectivity index (χ2n) is 3.43. The molecule has 6 nitrogen and oxygen atoms in total. The van der Waals surface area contributed by atoms with Gasteiger partial charge in [-0.2, -0.15) is 0 Å². The van der Waals surface area contributed by atoms with Gasteiger partial charge in [-0.3, -0.25) is 9.78 Å². The maximum Gasteiger partial charge on any atom is 0.326 e. The van der Waals surface area contributed by atoms with Crippen LogP contribution >= 0.6 is 0 Å². The predicted octanol–water partition coefficient (Wildman–Crippen LogP) is 0.544. The van der Waals surface area contributed by atoms with Crippen molar-refractivity contribution in [3.8, 4) is 0 Å². The molecule has 1 atom stereocenters. The SMILES string of the molecule is C=CCC(NC(=O)c1cnc(C)cn1)C(=O)O. The van der Waals surface area contributed by atoms with Crippen molar-refractivity contribution in [2.45, 2.75) is 19.4 Å². The van der Waals surface area contributed by atoms with E-state index in [2.05, 4.69) is 21.9 Å². The maximum atomic E-state index is 11.6. The maximum absolute atomic E-state index is 11.6. The summed E-state index contributed by atoms with van der Waals surface area (Å²) in [6.45, 7) is 5.17. The zero-order valence-corrected chi connectivity index (χ0v) is 9.38. The lowest BCUT2D eigenvalue weighted by atomic mass is 10.2. The number of carbonyl (C=O) groups excluding carboxylic acids is 1. The summed E-state index contributed by atoms with van der Waals surface area (Å²) in [6, 6.07) is -0.997. The van der Waals surface area contributed by atoms with E-state index in [1.54, 1.807) is 6.92 Å². The fourth-order valence-electron chi connectivity index (χ4n) is 1.13. The van der Waals surface area contributed by atoms with Crippen molar-refractivity contribution in [1.82, 2.24) is 15.3 Å². The van der Waals surface area contributed by atoms with Gasteiger partial charge in [-0.1, -0.05) is 6.08 Å². The number of nitrogens with one attached hydrogen (secondary N) is 1. The average molecular weight is 235 g/mol. The molecule has 0 aliphatic heterocycles. The highest BCUT2D eigenvalue weighted by Crippen LogP contribution is 1.98. The molecule has 0 aromatic carbocycles. The number of aryl methyl sites for hydroxylation is 1. The molecule has 1 unspecified atom stereocenters. The van der Waals surface area contributed by atoms with Gasteiger partial charge in [0.05, 0.1) is 11.9 Å². The Balaban J connectivity index is 2.73. The van der Waals surface area contributed by atoms with Gasteiger partial charge in [0.15, 0.2) is 0 Å². The second-order valence-corrected chi connectivity index (χ2v) is 3.43. The van der Waals surface area contributed by atoms with Crippen molar-refractivity contribution in [2.24, 2.45) is 0 Å². The van der Waals surface area contributed by atoms with Crippen LogP contribution in [-0.2, 0) is 4.79 Å². The van der Waals surface area contributed by atoms with Gasteiger partial charge >= 0.3 is 5.97 Å². The van der Waals surface area contributed by atoms with E-state index in [4.69, 9.17) is 5.11 Å². The summed E-state index contributed by atoms with van der Waals surface area (Å²) >= 11 is 0.